The summed E-state index contributed by atoms with van der Waals surface area (Å²) in [4.78, 5) is 34.5. The molecule has 0 saturated carbocycles. The van der Waals surface area contributed by atoms with Crippen LogP contribution in [0.2, 0.25) is 0 Å². The molecule has 2 aliphatic rings. The molecular weight excluding hydrogens is 412 g/mol. The summed E-state index contributed by atoms with van der Waals surface area (Å²) in [6.07, 6.45) is 6.04. The van der Waals surface area contributed by atoms with E-state index in [1.165, 1.54) is 19.8 Å². The number of carbonyl (C=O) groups is 1. The topological polar surface area (TPSA) is 114 Å². The van der Waals surface area contributed by atoms with Crippen LogP contribution >= 0.6 is 0 Å². The summed E-state index contributed by atoms with van der Waals surface area (Å²) in [5, 5.41) is 9.68. The first-order valence-electron chi connectivity index (χ1n) is 11.5. The maximum Gasteiger partial charge on any atom is 0.319 e. The summed E-state index contributed by atoms with van der Waals surface area (Å²) in [6.45, 7) is 6.62. The molecule has 4 heterocycles. The van der Waals surface area contributed by atoms with E-state index in [-0.39, 0.29) is 31.0 Å². The summed E-state index contributed by atoms with van der Waals surface area (Å²) < 4.78 is 11.3. The second kappa shape index (κ2) is 10.2. The van der Waals surface area contributed by atoms with Gasteiger partial charge < -0.3 is 24.4 Å². The predicted octanol–water partition coefficient (Wildman–Crippen LogP) is 2.13. The minimum atomic E-state index is -0.632. The lowest BCUT2D eigenvalue weighted by Gasteiger charge is -2.30. The Morgan fingerprint density at radius 1 is 0.844 bits per heavy atom. The third kappa shape index (κ3) is 5.35. The SMILES string of the molecule is CC(=O)COc1nc(N2CCCCC2)c2nc(OCC(C)O)nc(N3CCCCC3)c2n1. The molecule has 1 N–H and O–H groups in total. The van der Waals surface area contributed by atoms with Crippen LogP contribution in [0.15, 0.2) is 0 Å². The van der Waals surface area contributed by atoms with Crippen molar-refractivity contribution >= 4 is 28.5 Å². The summed E-state index contributed by atoms with van der Waals surface area (Å²) in [6, 6.07) is 0.367. The van der Waals surface area contributed by atoms with Gasteiger partial charge in [-0.05, 0) is 52.4 Å². The van der Waals surface area contributed by atoms with Crippen molar-refractivity contribution in [3.05, 3.63) is 0 Å². The van der Waals surface area contributed by atoms with Crippen molar-refractivity contribution in [1.82, 2.24) is 19.9 Å². The first-order chi connectivity index (χ1) is 15.5. The Hall–Kier alpha value is -2.75. The Balaban J connectivity index is 1.84. The van der Waals surface area contributed by atoms with Crippen LogP contribution in [0, 0.1) is 0 Å². The van der Waals surface area contributed by atoms with Gasteiger partial charge in [0, 0.05) is 26.2 Å². The fourth-order valence-electron chi connectivity index (χ4n) is 4.09. The van der Waals surface area contributed by atoms with Gasteiger partial charge in [0.15, 0.2) is 17.4 Å². The number of anilines is 2. The molecule has 0 aromatic carbocycles. The van der Waals surface area contributed by atoms with Crippen LogP contribution in [-0.2, 0) is 4.79 Å². The number of fused-ring (bicyclic) bond motifs is 1. The van der Waals surface area contributed by atoms with Crippen molar-refractivity contribution in [3.63, 3.8) is 0 Å². The molecule has 0 amide bonds. The molecule has 2 aliphatic heterocycles. The van der Waals surface area contributed by atoms with Crippen molar-refractivity contribution in [2.24, 2.45) is 0 Å². The van der Waals surface area contributed by atoms with E-state index < -0.39 is 6.10 Å². The molecule has 0 aliphatic carbocycles. The molecule has 32 heavy (non-hydrogen) atoms. The Bertz CT molecular complexity index is 942. The van der Waals surface area contributed by atoms with Crippen molar-refractivity contribution in [2.75, 3.05) is 49.2 Å². The van der Waals surface area contributed by atoms with Crippen LogP contribution in [0.4, 0.5) is 11.6 Å². The van der Waals surface area contributed by atoms with Gasteiger partial charge in [-0.25, -0.2) is 0 Å². The van der Waals surface area contributed by atoms with E-state index in [4.69, 9.17) is 9.47 Å². The van der Waals surface area contributed by atoms with E-state index in [0.29, 0.717) is 22.7 Å². The number of nitrogens with zero attached hydrogens (tertiary/aromatic N) is 6. The molecule has 0 bridgehead atoms. The lowest BCUT2D eigenvalue weighted by molar-refractivity contribution is -0.119. The van der Waals surface area contributed by atoms with Gasteiger partial charge in [-0.15, -0.1) is 0 Å². The highest BCUT2D eigenvalue weighted by Crippen LogP contribution is 2.34. The van der Waals surface area contributed by atoms with Crippen LogP contribution in [0.5, 0.6) is 12.0 Å². The number of aromatic nitrogens is 4. The first kappa shape index (κ1) is 22.4. The molecule has 1 atom stereocenters. The third-order valence-electron chi connectivity index (χ3n) is 5.64. The van der Waals surface area contributed by atoms with E-state index in [9.17, 15) is 9.90 Å². The average molecular weight is 445 g/mol. The summed E-state index contributed by atoms with van der Waals surface area (Å²) in [7, 11) is 0. The second-order valence-electron chi connectivity index (χ2n) is 8.60. The van der Waals surface area contributed by atoms with Crippen molar-refractivity contribution in [3.8, 4) is 12.0 Å². The molecular formula is C22H32N6O4. The molecule has 10 nitrogen and oxygen atoms in total. The summed E-state index contributed by atoms with van der Waals surface area (Å²) >= 11 is 0. The van der Waals surface area contributed by atoms with Gasteiger partial charge >= 0.3 is 12.0 Å². The van der Waals surface area contributed by atoms with E-state index in [0.717, 1.165) is 51.9 Å². The number of hydrogen-bond acceptors (Lipinski definition) is 10. The fourth-order valence-corrected chi connectivity index (χ4v) is 4.09. The molecule has 174 valence electrons. The number of ketones is 1. The highest BCUT2D eigenvalue weighted by Gasteiger charge is 2.25. The van der Waals surface area contributed by atoms with Crippen molar-refractivity contribution in [2.45, 2.75) is 58.5 Å². The summed E-state index contributed by atoms with van der Waals surface area (Å²) in [5.74, 6) is 1.27. The smallest absolute Gasteiger partial charge is 0.319 e. The molecule has 2 fully saturated rings. The highest BCUT2D eigenvalue weighted by atomic mass is 16.5. The lowest BCUT2D eigenvalue weighted by atomic mass is 10.1. The maximum absolute atomic E-state index is 11.5. The molecule has 0 radical (unpaired) electrons. The quantitative estimate of drug-likeness (QED) is 0.649. The first-order valence-corrected chi connectivity index (χ1v) is 11.5. The van der Waals surface area contributed by atoms with E-state index >= 15 is 0 Å². The molecule has 4 rings (SSSR count). The van der Waals surface area contributed by atoms with Gasteiger partial charge in [0.1, 0.15) is 24.2 Å². The van der Waals surface area contributed by atoms with Gasteiger partial charge in [-0.2, -0.15) is 19.9 Å². The number of ether oxygens (including phenoxy) is 2. The summed E-state index contributed by atoms with van der Waals surface area (Å²) in [5.41, 5.74) is 1.21. The minimum Gasteiger partial charge on any atom is -0.461 e. The van der Waals surface area contributed by atoms with Crippen molar-refractivity contribution in [1.29, 1.82) is 0 Å². The number of aliphatic hydroxyl groups excluding tert-OH is 1. The molecule has 2 aromatic rings. The van der Waals surface area contributed by atoms with Crippen LogP contribution in [0.25, 0.3) is 11.0 Å². The van der Waals surface area contributed by atoms with Crippen LogP contribution in [0.3, 0.4) is 0 Å². The Morgan fingerprint density at radius 2 is 1.31 bits per heavy atom. The second-order valence-corrected chi connectivity index (χ2v) is 8.60. The molecule has 10 heteroatoms. The fraction of sp³-hybridized carbons (Fsp3) is 0.682. The standard InChI is InChI=1S/C22H32N6O4/c1-15(29)13-31-21-23-17-18(19(25-21)27-9-5-3-6-10-27)24-22(32-14-16(2)30)26-20(17)28-11-7-4-8-12-28/h15,29H,3-14H2,1-2H3. The monoisotopic (exact) mass is 444 g/mol. The predicted molar refractivity (Wildman–Crippen MR) is 121 cm³/mol. The zero-order valence-electron chi connectivity index (χ0n) is 18.9. The molecule has 1 unspecified atom stereocenters. The Morgan fingerprint density at radius 3 is 1.75 bits per heavy atom. The van der Waals surface area contributed by atoms with Crippen LogP contribution < -0.4 is 19.3 Å². The number of hydrogen-bond donors (Lipinski definition) is 1. The third-order valence-corrected chi connectivity index (χ3v) is 5.64. The minimum absolute atomic E-state index is 0.0829. The number of aliphatic hydroxyl groups is 1. The number of piperidine rings is 2. The van der Waals surface area contributed by atoms with Crippen LogP contribution in [0.1, 0.15) is 52.4 Å². The largest absolute Gasteiger partial charge is 0.461 e. The van der Waals surface area contributed by atoms with Crippen molar-refractivity contribution < 1.29 is 19.4 Å². The van der Waals surface area contributed by atoms with E-state index in [1.807, 2.05) is 0 Å². The maximum atomic E-state index is 11.5. The van der Waals surface area contributed by atoms with Gasteiger partial charge in [0.25, 0.3) is 0 Å². The van der Waals surface area contributed by atoms with Gasteiger partial charge in [-0.3, -0.25) is 4.79 Å². The Kier molecular flexibility index (Phi) is 7.19. The van der Waals surface area contributed by atoms with E-state index in [2.05, 4.69) is 29.7 Å². The van der Waals surface area contributed by atoms with Gasteiger partial charge in [0.05, 0.1) is 6.10 Å². The number of rotatable bonds is 8. The highest BCUT2D eigenvalue weighted by molar-refractivity contribution is 5.94. The zero-order chi connectivity index (χ0) is 22.5. The van der Waals surface area contributed by atoms with E-state index in [1.54, 1.807) is 6.92 Å². The Labute approximate surface area is 188 Å². The normalized spacial score (nSPS) is 18.0. The molecule has 2 aromatic heterocycles. The number of Topliss-reactive ketones (excluding diaryl/α,β-unsaturated/α-hetero) is 1. The molecule has 0 spiro atoms. The van der Waals surface area contributed by atoms with Gasteiger partial charge in [0.2, 0.25) is 0 Å². The molecule has 2 saturated heterocycles. The lowest BCUT2D eigenvalue weighted by Crippen LogP contribution is -2.32. The van der Waals surface area contributed by atoms with Crippen LogP contribution in [-0.4, -0.2) is 76.3 Å². The zero-order valence-corrected chi connectivity index (χ0v) is 18.9. The average Bonchev–Trinajstić information content (AvgIpc) is 2.81. The number of carbonyl (C=O) groups excluding carboxylic acids is 1. The van der Waals surface area contributed by atoms with Gasteiger partial charge in [-0.1, -0.05) is 0 Å².